The highest BCUT2D eigenvalue weighted by molar-refractivity contribution is 7.92. The molecular formula is C19H29N3O4S. The first-order chi connectivity index (χ1) is 12.9. The minimum Gasteiger partial charge on any atom is -0.352 e. The molecule has 7 nitrogen and oxygen atoms in total. The van der Waals surface area contributed by atoms with Crippen molar-refractivity contribution in [3.8, 4) is 0 Å². The normalized spacial score (nSPS) is 15.3. The monoisotopic (exact) mass is 395 g/mol. The van der Waals surface area contributed by atoms with Crippen LogP contribution < -0.4 is 10.0 Å². The molecule has 0 unspecified atom stereocenters. The molecule has 1 aliphatic rings. The number of rotatable bonds is 9. The summed E-state index contributed by atoms with van der Waals surface area (Å²) in [7, 11) is -3.39. The highest BCUT2D eigenvalue weighted by Gasteiger charge is 2.16. The second kappa shape index (κ2) is 10.3. The average molecular weight is 396 g/mol. The first-order valence-electron chi connectivity index (χ1n) is 9.58. The number of nitrogens with one attached hydrogen (secondary N) is 2. The van der Waals surface area contributed by atoms with Gasteiger partial charge >= 0.3 is 0 Å². The summed E-state index contributed by atoms with van der Waals surface area (Å²) < 4.78 is 26.2. The standard InChI is InChI=1S/C19H29N3O4S/c1-2-14-27(25,26)21-17-9-6-8-16(15-17)19(24)20-11-7-13-22-12-5-3-4-10-18(22)23/h6,8-9,15,21H,2-5,7,10-14H2,1H3,(H,20,24). The summed E-state index contributed by atoms with van der Waals surface area (Å²) in [5.74, 6) is -0.0156. The van der Waals surface area contributed by atoms with Crippen molar-refractivity contribution < 1.29 is 18.0 Å². The van der Waals surface area contributed by atoms with Gasteiger partial charge in [0.25, 0.3) is 5.91 Å². The molecular weight excluding hydrogens is 366 g/mol. The van der Waals surface area contributed by atoms with Gasteiger partial charge in [-0.25, -0.2) is 8.42 Å². The van der Waals surface area contributed by atoms with Gasteiger partial charge in [0, 0.05) is 37.3 Å². The molecule has 1 heterocycles. The van der Waals surface area contributed by atoms with Gasteiger partial charge in [-0.2, -0.15) is 0 Å². The molecule has 27 heavy (non-hydrogen) atoms. The Bertz CT molecular complexity index is 749. The van der Waals surface area contributed by atoms with Crippen LogP contribution in [0, 0.1) is 0 Å². The lowest BCUT2D eigenvalue weighted by molar-refractivity contribution is -0.130. The lowest BCUT2D eigenvalue weighted by Gasteiger charge is -2.20. The van der Waals surface area contributed by atoms with E-state index in [0.29, 0.717) is 43.6 Å². The number of likely N-dealkylation sites (tertiary alicyclic amines) is 1. The smallest absolute Gasteiger partial charge is 0.251 e. The van der Waals surface area contributed by atoms with Crippen molar-refractivity contribution >= 4 is 27.5 Å². The second-order valence-electron chi connectivity index (χ2n) is 6.80. The van der Waals surface area contributed by atoms with Gasteiger partial charge in [-0.3, -0.25) is 14.3 Å². The molecule has 0 bridgehead atoms. The largest absolute Gasteiger partial charge is 0.352 e. The minimum absolute atomic E-state index is 0.0403. The highest BCUT2D eigenvalue weighted by atomic mass is 32.2. The third-order valence-electron chi connectivity index (χ3n) is 4.43. The zero-order valence-electron chi connectivity index (χ0n) is 15.9. The Morgan fingerprint density at radius 3 is 2.81 bits per heavy atom. The Labute approximate surface area is 161 Å². The molecule has 0 atom stereocenters. The summed E-state index contributed by atoms with van der Waals surface area (Å²) in [6.07, 6.45) is 4.93. The van der Waals surface area contributed by atoms with Crippen molar-refractivity contribution in [2.45, 2.75) is 45.4 Å². The number of sulfonamides is 1. The number of anilines is 1. The van der Waals surface area contributed by atoms with E-state index in [2.05, 4.69) is 10.0 Å². The summed E-state index contributed by atoms with van der Waals surface area (Å²) in [6, 6.07) is 6.44. The Balaban J connectivity index is 1.82. The van der Waals surface area contributed by atoms with Crippen LogP contribution in [0.1, 0.15) is 55.8 Å². The summed E-state index contributed by atoms with van der Waals surface area (Å²) >= 11 is 0. The minimum atomic E-state index is -3.39. The van der Waals surface area contributed by atoms with Gasteiger partial charge in [0.2, 0.25) is 15.9 Å². The van der Waals surface area contributed by atoms with Crippen LogP contribution in [0.25, 0.3) is 0 Å². The van der Waals surface area contributed by atoms with Crippen LogP contribution in [0.4, 0.5) is 5.69 Å². The fourth-order valence-corrected chi connectivity index (χ4v) is 4.20. The van der Waals surface area contributed by atoms with Crippen molar-refractivity contribution in [2.75, 3.05) is 30.1 Å². The molecule has 1 fully saturated rings. The number of benzene rings is 1. The molecule has 2 N–H and O–H groups in total. The second-order valence-corrected chi connectivity index (χ2v) is 8.64. The number of nitrogens with zero attached hydrogens (tertiary/aromatic N) is 1. The van der Waals surface area contributed by atoms with E-state index in [-0.39, 0.29) is 17.6 Å². The molecule has 0 radical (unpaired) electrons. The number of amides is 2. The molecule has 1 aromatic carbocycles. The van der Waals surface area contributed by atoms with Gasteiger partial charge in [0.1, 0.15) is 0 Å². The lowest BCUT2D eigenvalue weighted by Crippen LogP contribution is -2.34. The average Bonchev–Trinajstić information content (AvgIpc) is 2.82. The van der Waals surface area contributed by atoms with Crippen LogP contribution in [0.2, 0.25) is 0 Å². The fourth-order valence-electron chi connectivity index (χ4n) is 3.07. The van der Waals surface area contributed by atoms with E-state index in [1.54, 1.807) is 25.1 Å². The molecule has 1 aliphatic heterocycles. The lowest BCUT2D eigenvalue weighted by atomic mass is 10.2. The third kappa shape index (κ3) is 7.21. The molecule has 0 aliphatic carbocycles. The molecule has 0 aromatic heterocycles. The highest BCUT2D eigenvalue weighted by Crippen LogP contribution is 2.13. The van der Waals surface area contributed by atoms with Crippen LogP contribution in [-0.2, 0) is 14.8 Å². The number of carbonyl (C=O) groups excluding carboxylic acids is 2. The molecule has 0 spiro atoms. The maximum absolute atomic E-state index is 12.3. The summed E-state index contributed by atoms with van der Waals surface area (Å²) in [5.41, 5.74) is 0.781. The molecule has 0 saturated carbocycles. The first kappa shape index (κ1) is 21.2. The van der Waals surface area contributed by atoms with Crippen LogP contribution in [-0.4, -0.2) is 50.5 Å². The van der Waals surface area contributed by atoms with Gasteiger partial charge in [0.15, 0.2) is 0 Å². The van der Waals surface area contributed by atoms with E-state index in [9.17, 15) is 18.0 Å². The number of hydrogen-bond donors (Lipinski definition) is 2. The molecule has 1 saturated heterocycles. The topological polar surface area (TPSA) is 95.6 Å². The van der Waals surface area contributed by atoms with Crippen molar-refractivity contribution in [1.29, 1.82) is 0 Å². The van der Waals surface area contributed by atoms with Crippen molar-refractivity contribution in [1.82, 2.24) is 10.2 Å². The Morgan fingerprint density at radius 1 is 1.22 bits per heavy atom. The number of carbonyl (C=O) groups is 2. The van der Waals surface area contributed by atoms with Crippen LogP contribution in [0.3, 0.4) is 0 Å². The molecule has 1 aromatic rings. The van der Waals surface area contributed by atoms with Crippen molar-refractivity contribution in [3.05, 3.63) is 29.8 Å². The van der Waals surface area contributed by atoms with Gasteiger partial charge in [0.05, 0.1) is 5.75 Å². The van der Waals surface area contributed by atoms with E-state index in [0.717, 1.165) is 25.8 Å². The van der Waals surface area contributed by atoms with Crippen LogP contribution in [0.5, 0.6) is 0 Å². The summed E-state index contributed by atoms with van der Waals surface area (Å²) in [6.45, 7) is 3.71. The molecule has 150 valence electrons. The Kier molecular flexibility index (Phi) is 8.09. The molecule has 2 rings (SSSR count). The number of hydrogen-bond acceptors (Lipinski definition) is 4. The Hall–Kier alpha value is -2.09. The predicted octanol–water partition coefficient (Wildman–Crippen LogP) is 2.36. The fraction of sp³-hybridized carbons (Fsp3) is 0.579. The zero-order chi connectivity index (χ0) is 19.7. The van der Waals surface area contributed by atoms with Gasteiger partial charge in [-0.1, -0.05) is 19.4 Å². The molecule has 2 amide bonds. The third-order valence-corrected chi connectivity index (χ3v) is 5.93. The van der Waals surface area contributed by atoms with Gasteiger partial charge in [-0.15, -0.1) is 0 Å². The Morgan fingerprint density at radius 2 is 2.04 bits per heavy atom. The first-order valence-corrected chi connectivity index (χ1v) is 11.2. The van der Waals surface area contributed by atoms with Crippen molar-refractivity contribution in [3.63, 3.8) is 0 Å². The summed E-state index contributed by atoms with van der Waals surface area (Å²) in [4.78, 5) is 26.1. The van der Waals surface area contributed by atoms with Crippen LogP contribution >= 0.6 is 0 Å². The maximum Gasteiger partial charge on any atom is 0.251 e. The van der Waals surface area contributed by atoms with Gasteiger partial charge < -0.3 is 10.2 Å². The van der Waals surface area contributed by atoms with E-state index in [1.807, 2.05) is 4.90 Å². The van der Waals surface area contributed by atoms with E-state index in [4.69, 9.17) is 0 Å². The zero-order valence-corrected chi connectivity index (χ0v) is 16.7. The predicted molar refractivity (Wildman–Crippen MR) is 106 cm³/mol. The SMILES string of the molecule is CCCS(=O)(=O)Nc1cccc(C(=O)NCCCN2CCCCCC2=O)c1. The van der Waals surface area contributed by atoms with Gasteiger partial charge in [-0.05, 0) is 43.9 Å². The quantitative estimate of drug-likeness (QED) is 0.628. The van der Waals surface area contributed by atoms with Crippen molar-refractivity contribution in [2.24, 2.45) is 0 Å². The van der Waals surface area contributed by atoms with Crippen LogP contribution in [0.15, 0.2) is 24.3 Å². The maximum atomic E-state index is 12.3. The van der Waals surface area contributed by atoms with E-state index >= 15 is 0 Å². The van der Waals surface area contributed by atoms with E-state index < -0.39 is 10.0 Å². The summed E-state index contributed by atoms with van der Waals surface area (Å²) in [5, 5.41) is 2.83. The van der Waals surface area contributed by atoms with E-state index in [1.165, 1.54) is 6.07 Å². The molecule has 8 heteroatoms.